The van der Waals surface area contributed by atoms with Crippen LogP contribution in [0.15, 0.2) is 42.6 Å². The van der Waals surface area contributed by atoms with Gasteiger partial charge in [0.25, 0.3) is 0 Å². The number of likely N-dealkylation sites (tertiary alicyclic amines) is 1. The lowest BCUT2D eigenvalue weighted by atomic mass is 10.1. The van der Waals surface area contributed by atoms with Crippen LogP contribution in [0, 0.1) is 0 Å². The Kier molecular flexibility index (Phi) is 5.14. The summed E-state index contributed by atoms with van der Waals surface area (Å²) in [5.74, 6) is 1.72. The van der Waals surface area contributed by atoms with Gasteiger partial charge in [-0.2, -0.15) is 0 Å². The molecule has 0 aliphatic carbocycles. The third kappa shape index (κ3) is 4.30. The van der Waals surface area contributed by atoms with E-state index in [0.29, 0.717) is 19.8 Å². The first-order valence-corrected chi connectivity index (χ1v) is 8.99. The molecule has 5 heteroatoms. The van der Waals surface area contributed by atoms with Gasteiger partial charge in [-0.3, -0.25) is 9.88 Å². The predicted molar refractivity (Wildman–Crippen MR) is 94.8 cm³/mol. The largest absolute Gasteiger partial charge is 0.486 e. The molecule has 1 aromatic heterocycles. The second kappa shape index (κ2) is 7.85. The standard InChI is InChI=1S/C20H24N2O3/c1-2-8-21-17(4-1)15-25-18-5-3-9-22(14-18)13-16-6-7-19-20(12-16)24-11-10-23-19/h1-2,4,6-8,12,18H,3,5,9-11,13-15H2/t18-/m1/s1. The van der Waals surface area contributed by atoms with E-state index < -0.39 is 0 Å². The average molecular weight is 340 g/mol. The maximum atomic E-state index is 6.08. The summed E-state index contributed by atoms with van der Waals surface area (Å²) in [6, 6.07) is 12.2. The van der Waals surface area contributed by atoms with Gasteiger partial charge in [-0.05, 0) is 49.2 Å². The summed E-state index contributed by atoms with van der Waals surface area (Å²) in [5.41, 5.74) is 2.25. The molecule has 0 amide bonds. The van der Waals surface area contributed by atoms with Crippen molar-refractivity contribution in [2.45, 2.75) is 32.1 Å². The van der Waals surface area contributed by atoms with Crippen LogP contribution in [0.2, 0.25) is 0 Å². The topological polar surface area (TPSA) is 43.8 Å². The van der Waals surface area contributed by atoms with E-state index in [9.17, 15) is 0 Å². The first-order chi connectivity index (χ1) is 12.4. The van der Waals surface area contributed by atoms with E-state index in [1.807, 2.05) is 30.5 Å². The molecule has 2 aliphatic heterocycles. The Morgan fingerprint density at radius 1 is 1.12 bits per heavy atom. The SMILES string of the molecule is c1ccc(CO[C@@H]2CCCN(Cc3ccc4c(c3)OCCO4)C2)nc1. The van der Waals surface area contributed by atoms with Gasteiger partial charge in [0, 0.05) is 19.3 Å². The molecule has 1 saturated heterocycles. The normalized spacial score (nSPS) is 20.4. The van der Waals surface area contributed by atoms with Crippen LogP contribution in [0.5, 0.6) is 11.5 Å². The molecule has 2 aromatic rings. The van der Waals surface area contributed by atoms with E-state index in [-0.39, 0.29) is 6.10 Å². The third-order valence-electron chi connectivity index (χ3n) is 4.67. The molecule has 0 radical (unpaired) electrons. The fourth-order valence-electron chi connectivity index (χ4n) is 3.42. The van der Waals surface area contributed by atoms with Crippen molar-refractivity contribution in [1.82, 2.24) is 9.88 Å². The second-order valence-corrected chi connectivity index (χ2v) is 6.61. The summed E-state index contributed by atoms with van der Waals surface area (Å²) in [7, 11) is 0. The lowest BCUT2D eigenvalue weighted by molar-refractivity contribution is -0.0132. The molecule has 3 heterocycles. The highest BCUT2D eigenvalue weighted by Gasteiger charge is 2.21. The Hall–Kier alpha value is -2.11. The smallest absolute Gasteiger partial charge is 0.161 e. The molecule has 132 valence electrons. The number of hydrogen-bond acceptors (Lipinski definition) is 5. The first-order valence-electron chi connectivity index (χ1n) is 8.99. The van der Waals surface area contributed by atoms with Crippen LogP contribution < -0.4 is 9.47 Å². The maximum absolute atomic E-state index is 6.08. The summed E-state index contributed by atoms with van der Waals surface area (Å²) in [6.07, 6.45) is 4.36. The van der Waals surface area contributed by atoms with Gasteiger partial charge in [0.05, 0.1) is 18.4 Å². The van der Waals surface area contributed by atoms with Crippen LogP contribution in [-0.4, -0.2) is 42.3 Å². The Morgan fingerprint density at radius 2 is 2.04 bits per heavy atom. The number of rotatable bonds is 5. The van der Waals surface area contributed by atoms with Crippen LogP contribution >= 0.6 is 0 Å². The van der Waals surface area contributed by atoms with Gasteiger partial charge in [-0.1, -0.05) is 12.1 Å². The Balaban J connectivity index is 1.32. The van der Waals surface area contributed by atoms with E-state index in [2.05, 4.69) is 22.0 Å². The average Bonchev–Trinajstić information content (AvgIpc) is 2.67. The van der Waals surface area contributed by atoms with E-state index >= 15 is 0 Å². The molecule has 25 heavy (non-hydrogen) atoms. The van der Waals surface area contributed by atoms with Crippen LogP contribution in [0.3, 0.4) is 0 Å². The zero-order chi connectivity index (χ0) is 16.9. The van der Waals surface area contributed by atoms with Crippen LogP contribution in [0.25, 0.3) is 0 Å². The molecule has 0 bridgehead atoms. The zero-order valence-corrected chi connectivity index (χ0v) is 14.4. The summed E-state index contributed by atoms with van der Waals surface area (Å²) >= 11 is 0. The molecular weight excluding hydrogens is 316 g/mol. The summed E-state index contributed by atoms with van der Waals surface area (Å²) in [4.78, 5) is 6.78. The minimum atomic E-state index is 0.271. The molecule has 0 spiro atoms. The van der Waals surface area contributed by atoms with E-state index in [1.54, 1.807) is 0 Å². The molecule has 0 unspecified atom stereocenters. The molecule has 1 fully saturated rings. The number of benzene rings is 1. The molecule has 4 rings (SSSR count). The quantitative estimate of drug-likeness (QED) is 0.837. The summed E-state index contributed by atoms with van der Waals surface area (Å²) in [6.45, 7) is 4.83. The number of ether oxygens (including phenoxy) is 3. The maximum Gasteiger partial charge on any atom is 0.161 e. The van der Waals surface area contributed by atoms with Gasteiger partial charge in [-0.25, -0.2) is 0 Å². The van der Waals surface area contributed by atoms with Crippen molar-refractivity contribution in [1.29, 1.82) is 0 Å². The fraction of sp³-hybridized carbons (Fsp3) is 0.450. The third-order valence-corrected chi connectivity index (χ3v) is 4.67. The molecule has 5 nitrogen and oxygen atoms in total. The van der Waals surface area contributed by atoms with Gasteiger partial charge in [-0.15, -0.1) is 0 Å². The minimum absolute atomic E-state index is 0.271. The van der Waals surface area contributed by atoms with E-state index in [1.165, 1.54) is 5.56 Å². The molecular formula is C20H24N2O3. The molecule has 1 atom stereocenters. The Morgan fingerprint density at radius 3 is 2.92 bits per heavy atom. The number of hydrogen-bond donors (Lipinski definition) is 0. The minimum Gasteiger partial charge on any atom is -0.486 e. The summed E-state index contributed by atoms with van der Waals surface area (Å²) < 4.78 is 17.4. The molecule has 2 aliphatic rings. The number of piperidine rings is 1. The highest BCUT2D eigenvalue weighted by atomic mass is 16.6. The van der Waals surface area contributed by atoms with Crippen molar-refractivity contribution in [2.75, 3.05) is 26.3 Å². The number of nitrogens with zero attached hydrogens (tertiary/aromatic N) is 2. The highest BCUT2D eigenvalue weighted by molar-refractivity contribution is 5.43. The van der Waals surface area contributed by atoms with Gasteiger partial charge in [0.2, 0.25) is 0 Å². The fourth-order valence-corrected chi connectivity index (χ4v) is 3.42. The Labute approximate surface area is 148 Å². The van der Waals surface area contributed by atoms with E-state index in [0.717, 1.165) is 49.7 Å². The first kappa shape index (κ1) is 16.4. The Bertz CT molecular complexity index is 693. The van der Waals surface area contributed by atoms with E-state index in [4.69, 9.17) is 14.2 Å². The number of pyridine rings is 1. The monoisotopic (exact) mass is 340 g/mol. The molecule has 0 saturated carbocycles. The lowest BCUT2D eigenvalue weighted by Gasteiger charge is -2.32. The summed E-state index contributed by atoms with van der Waals surface area (Å²) in [5, 5.41) is 0. The zero-order valence-electron chi connectivity index (χ0n) is 14.4. The van der Waals surface area contributed by atoms with Crippen molar-refractivity contribution in [3.8, 4) is 11.5 Å². The number of fused-ring (bicyclic) bond motifs is 1. The second-order valence-electron chi connectivity index (χ2n) is 6.61. The van der Waals surface area contributed by atoms with Gasteiger partial charge < -0.3 is 14.2 Å². The lowest BCUT2D eigenvalue weighted by Crippen LogP contribution is -2.39. The molecule has 1 aromatic carbocycles. The van der Waals surface area contributed by atoms with Crippen molar-refractivity contribution in [3.63, 3.8) is 0 Å². The predicted octanol–water partition coefficient (Wildman–Crippen LogP) is 3.03. The van der Waals surface area contributed by atoms with Crippen molar-refractivity contribution < 1.29 is 14.2 Å². The number of aromatic nitrogens is 1. The van der Waals surface area contributed by atoms with Gasteiger partial charge in [0.1, 0.15) is 13.2 Å². The van der Waals surface area contributed by atoms with Crippen LogP contribution in [0.4, 0.5) is 0 Å². The van der Waals surface area contributed by atoms with Crippen LogP contribution in [0.1, 0.15) is 24.1 Å². The van der Waals surface area contributed by atoms with Gasteiger partial charge >= 0.3 is 0 Å². The van der Waals surface area contributed by atoms with Crippen molar-refractivity contribution in [2.24, 2.45) is 0 Å². The van der Waals surface area contributed by atoms with Crippen molar-refractivity contribution >= 4 is 0 Å². The van der Waals surface area contributed by atoms with Gasteiger partial charge in [0.15, 0.2) is 11.5 Å². The highest BCUT2D eigenvalue weighted by Crippen LogP contribution is 2.31. The molecule has 0 N–H and O–H groups in total. The van der Waals surface area contributed by atoms with Crippen LogP contribution in [-0.2, 0) is 17.9 Å². The van der Waals surface area contributed by atoms with Crippen molar-refractivity contribution in [3.05, 3.63) is 53.9 Å².